The van der Waals surface area contributed by atoms with Crippen LogP contribution in [0, 0.1) is 0 Å². The quantitative estimate of drug-likeness (QED) is 0.686. The van der Waals surface area contributed by atoms with E-state index in [2.05, 4.69) is 5.10 Å². The summed E-state index contributed by atoms with van der Waals surface area (Å²) >= 11 is 6.55. The summed E-state index contributed by atoms with van der Waals surface area (Å²) in [7, 11) is 0. The molecule has 0 atom stereocenters. The van der Waals surface area contributed by atoms with Gasteiger partial charge in [0.05, 0.1) is 17.4 Å². The Morgan fingerprint density at radius 2 is 2.14 bits per heavy atom. The van der Waals surface area contributed by atoms with Crippen LogP contribution in [0.15, 0.2) is 35.5 Å². The van der Waals surface area contributed by atoms with Crippen LogP contribution in [0.1, 0.15) is 18.1 Å². The third-order valence-corrected chi connectivity index (χ3v) is 3.85. The molecule has 0 aliphatic carbocycles. The molecule has 0 amide bonds. The highest BCUT2D eigenvalue weighted by Crippen LogP contribution is 2.31. The summed E-state index contributed by atoms with van der Waals surface area (Å²) in [5.41, 5.74) is 5.89. The molecule has 0 spiro atoms. The molecular formula is C13H12F3N3S2. The number of benzene rings is 1. The molecule has 2 rings (SSSR count). The fourth-order valence-corrected chi connectivity index (χ4v) is 2.96. The lowest BCUT2D eigenvalue weighted by atomic mass is 10.1. The summed E-state index contributed by atoms with van der Waals surface area (Å²) in [5.74, 6) is 0.798. The van der Waals surface area contributed by atoms with Crippen molar-refractivity contribution in [1.82, 2.24) is 9.78 Å². The Morgan fingerprint density at radius 3 is 2.67 bits per heavy atom. The van der Waals surface area contributed by atoms with Crippen LogP contribution in [0.4, 0.5) is 13.2 Å². The van der Waals surface area contributed by atoms with Crippen LogP contribution < -0.4 is 5.73 Å². The van der Waals surface area contributed by atoms with Gasteiger partial charge in [-0.15, -0.1) is 11.8 Å². The fourth-order valence-electron chi connectivity index (χ4n) is 1.83. The van der Waals surface area contributed by atoms with E-state index in [4.69, 9.17) is 18.0 Å². The van der Waals surface area contributed by atoms with Gasteiger partial charge in [-0.05, 0) is 17.9 Å². The number of halogens is 3. The zero-order valence-corrected chi connectivity index (χ0v) is 12.6. The van der Waals surface area contributed by atoms with Crippen LogP contribution in [0.25, 0.3) is 5.69 Å². The molecule has 112 valence electrons. The molecular weight excluding hydrogens is 319 g/mol. The average molecular weight is 331 g/mol. The predicted octanol–water partition coefficient (Wildman–Crippen LogP) is 3.64. The minimum atomic E-state index is -4.43. The van der Waals surface area contributed by atoms with Crippen molar-refractivity contribution in [3.8, 4) is 5.69 Å². The van der Waals surface area contributed by atoms with Gasteiger partial charge in [0.1, 0.15) is 4.99 Å². The second-order valence-corrected chi connectivity index (χ2v) is 5.86. The van der Waals surface area contributed by atoms with Crippen LogP contribution in [0.3, 0.4) is 0 Å². The molecule has 0 aliphatic heterocycles. The largest absolute Gasteiger partial charge is 0.419 e. The summed E-state index contributed by atoms with van der Waals surface area (Å²) in [6.07, 6.45) is -2.72. The van der Waals surface area contributed by atoms with E-state index in [1.165, 1.54) is 11.8 Å². The molecule has 0 aliphatic rings. The summed E-state index contributed by atoms with van der Waals surface area (Å²) < 4.78 is 39.2. The molecule has 0 bridgehead atoms. The molecule has 1 aromatic carbocycles. The maximum absolute atomic E-state index is 12.7. The first-order valence-corrected chi connectivity index (χ1v) is 7.41. The Bertz CT molecular complexity index is 665. The van der Waals surface area contributed by atoms with Crippen LogP contribution >= 0.6 is 24.0 Å². The highest BCUT2D eigenvalue weighted by Gasteiger charge is 2.32. The molecule has 0 fully saturated rings. The van der Waals surface area contributed by atoms with Gasteiger partial charge >= 0.3 is 6.18 Å². The van der Waals surface area contributed by atoms with Gasteiger partial charge in [0.25, 0.3) is 0 Å². The first-order valence-electron chi connectivity index (χ1n) is 6.02. The van der Waals surface area contributed by atoms with E-state index in [0.29, 0.717) is 11.3 Å². The molecule has 2 N–H and O–H groups in total. The van der Waals surface area contributed by atoms with Crippen LogP contribution in [-0.4, -0.2) is 20.5 Å². The lowest BCUT2D eigenvalue weighted by Crippen LogP contribution is -2.15. The lowest BCUT2D eigenvalue weighted by Gasteiger charge is -2.13. The molecule has 21 heavy (non-hydrogen) atoms. The van der Waals surface area contributed by atoms with Gasteiger partial charge in [-0.2, -0.15) is 18.3 Å². The van der Waals surface area contributed by atoms with Gasteiger partial charge in [-0.1, -0.05) is 25.2 Å². The molecule has 3 nitrogen and oxygen atoms in total. The Balaban J connectivity index is 2.56. The highest BCUT2D eigenvalue weighted by molar-refractivity contribution is 7.99. The molecule has 2 aromatic rings. The van der Waals surface area contributed by atoms with Crippen molar-refractivity contribution in [2.45, 2.75) is 18.0 Å². The normalized spacial score (nSPS) is 11.6. The van der Waals surface area contributed by atoms with Gasteiger partial charge in [0.2, 0.25) is 0 Å². The van der Waals surface area contributed by atoms with Gasteiger partial charge in [-0.25, -0.2) is 4.68 Å². The first-order chi connectivity index (χ1) is 9.84. The topological polar surface area (TPSA) is 43.8 Å². The molecule has 1 heterocycles. The maximum atomic E-state index is 12.7. The number of thioether (sulfide) groups is 1. The second kappa shape index (κ2) is 6.07. The summed E-state index contributed by atoms with van der Waals surface area (Å²) in [4.78, 5) is 0.956. The predicted molar refractivity (Wildman–Crippen MR) is 80.9 cm³/mol. The maximum Gasteiger partial charge on any atom is 0.419 e. The van der Waals surface area contributed by atoms with Crippen molar-refractivity contribution >= 4 is 29.0 Å². The van der Waals surface area contributed by atoms with Gasteiger partial charge in [0, 0.05) is 16.7 Å². The number of hydrogen-bond donors (Lipinski definition) is 1. The minimum Gasteiger partial charge on any atom is -0.389 e. The Labute approximate surface area is 129 Å². The van der Waals surface area contributed by atoms with Gasteiger partial charge < -0.3 is 5.73 Å². The van der Waals surface area contributed by atoms with Crippen LogP contribution in [-0.2, 0) is 6.18 Å². The van der Waals surface area contributed by atoms with Crippen LogP contribution in [0.5, 0.6) is 0 Å². The van der Waals surface area contributed by atoms with Crippen molar-refractivity contribution in [2.75, 3.05) is 5.75 Å². The zero-order valence-electron chi connectivity index (χ0n) is 11.0. The Hall–Kier alpha value is -1.54. The Kier molecular flexibility index (Phi) is 4.58. The van der Waals surface area contributed by atoms with Crippen molar-refractivity contribution < 1.29 is 13.2 Å². The number of nitrogens with zero attached hydrogens (tertiary/aromatic N) is 2. The summed E-state index contributed by atoms with van der Waals surface area (Å²) in [6.45, 7) is 1.97. The SMILES string of the molecule is CCSc1cccc(-n2cc(C(F)(F)F)cn2)c1C(N)=S. The minimum absolute atomic E-state index is 0.130. The lowest BCUT2D eigenvalue weighted by molar-refractivity contribution is -0.137. The van der Waals surface area contributed by atoms with E-state index < -0.39 is 11.7 Å². The number of thiocarbonyl (C=S) groups is 1. The van der Waals surface area contributed by atoms with Gasteiger partial charge in [-0.3, -0.25) is 0 Å². The van der Waals surface area contributed by atoms with E-state index >= 15 is 0 Å². The molecule has 0 saturated carbocycles. The third kappa shape index (κ3) is 3.38. The standard InChI is InChI=1S/C13H12F3N3S2/c1-2-21-10-5-3-4-9(11(10)12(17)20)19-7-8(6-18-19)13(14,15)16/h3-7H,2H2,1H3,(H2,17,20). The number of alkyl halides is 3. The molecule has 0 unspecified atom stereocenters. The molecule has 0 radical (unpaired) electrons. The van der Waals surface area contributed by atoms with E-state index in [1.54, 1.807) is 12.1 Å². The second-order valence-electron chi connectivity index (χ2n) is 4.12. The average Bonchev–Trinajstić information content (AvgIpc) is 2.87. The zero-order chi connectivity index (χ0) is 15.6. The van der Waals surface area contributed by atoms with Crippen molar-refractivity contribution in [3.05, 3.63) is 41.7 Å². The molecule has 1 aromatic heterocycles. The fraction of sp³-hybridized carbons (Fsp3) is 0.231. The van der Waals surface area contributed by atoms with E-state index in [-0.39, 0.29) is 4.99 Å². The van der Waals surface area contributed by atoms with Crippen molar-refractivity contribution in [2.24, 2.45) is 5.73 Å². The third-order valence-electron chi connectivity index (χ3n) is 2.71. The van der Waals surface area contributed by atoms with E-state index in [1.807, 2.05) is 13.0 Å². The highest BCUT2D eigenvalue weighted by atomic mass is 32.2. The van der Waals surface area contributed by atoms with E-state index in [9.17, 15) is 13.2 Å². The van der Waals surface area contributed by atoms with Crippen molar-refractivity contribution in [3.63, 3.8) is 0 Å². The van der Waals surface area contributed by atoms with Crippen LogP contribution in [0.2, 0.25) is 0 Å². The smallest absolute Gasteiger partial charge is 0.389 e. The molecule has 8 heteroatoms. The van der Waals surface area contributed by atoms with E-state index in [0.717, 1.165) is 27.7 Å². The first kappa shape index (κ1) is 15.8. The summed E-state index contributed by atoms with van der Waals surface area (Å²) in [5, 5.41) is 3.77. The number of aromatic nitrogens is 2. The number of rotatable bonds is 4. The monoisotopic (exact) mass is 331 g/mol. The number of nitrogens with two attached hydrogens (primary N) is 1. The molecule has 0 saturated heterocycles. The Morgan fingerprint density at radius 1 is 1.43 bits per heavy atom. The van der Waals surface area contributed by atoms with Gasteiger partial charge in [0.15, 0.2) is 0 Å². The number of hydrogen-bond acceptors (Lipinski definition) is 3. The van der Waals surface area contributed by atoms with Crippen molar-refractivity contribution in [1.29, 1.82) is 0 Å². The summed E-state index contributed by atoms with van der Waals surface area (Å²) in [6, 6.07) is 5.21.